The second-order valence-corrected chi connectivity index (χ2v) is 5.92. The van der Waals surface area contributed by atoms with Gasteiger partial charge in [-0.15, -0.1) is 12.3 Å². The third kappa shape index (κ3) is 3.16. The highest BCUT2D eigenvalue weighted by molar-refractivity contribution is 9.10. The van der Waals surface area contributed by atoms with E-state index in [0.29, 0.717) is 18.0 Å². The molecule has 1 N–H and O–H groups in total. The van der Waals surface area contributed by atoms with E-state index in [4.69, 9.17) is 6.42 Å². The number of rotatable bonds is 5. The molecule has 1 nitrogen and oxygen atoms in total. The van der Waals surface area contributed by atoms with Gasteiger partial charge in [0, 0.05) is 23.0 Å². The summed E-state index contributed by atoms with van der Waals surface area (Å²) in [6.45, 7) is 2.19. The third-order valence-corrected chi connectivity index (χ3v) is 4.53. The van der Waals surface area contributed by atoms with E-state index in [1.165, 1.54) is 22.9 Å². The normalized spacial score (nSPS) is 24.1. The smallest absolute Gasteiger partial charge is 0.0240 e. The summed E-state index contributed by atoms with van der Waals surface area (Å²) in [7, 11) is 0. The van der Waals surface area contributed by atoms with Crippen molar-refractivity contribution in [3.63, 3.8) is 0 Å². The molecular weight excluding hydrogens is 286 g/mol. The topological polar surface area (TPSA) is 12.0 Å². The minimum absolute atomic E-state index is 0.486. The molecular formula is C16H20BrN. The van der Waals surface area contributed by atoms with Gasteiger partial charge in [-0.05, 0) is 36.8 Å². The van der Waals surface area contributed by atoms with E-state index in [1.54, 1.807) is 0 Å². The molecule has 0 saturated heterocycles. The van der Waals surface area contributed by atoms with Crippen molar-refractivity contribution in [2.24, 2.45) is 0 Å². The van der Waals surface area contributed by atoms with Crippen molar-refractivity contribution < 1.29 is 0 Å². The van der Waals surface area contributed by atoms with Crippen LogP contribution in [0.3, 0.4) is 0 Å². The maximum atomic E-state index is 5.38. The Bertz CT molecular complexity index is 429. The zero-order valence-electron chi connectivity index (χ0n) is 10.8. The highest BCUT2D eigenvalue weighted by Gasteiger charge is 2.32. The van der Waals surface area contributed by atoms with Gasteiger partial charge in [-0.25, -0.2) is 0 Å². The van der Waals surface area contributed by atoms with Gasteiger partial charge in [-0.1, -0.05) is 41.1 Å². The molecule has 1 aromatic carbocycles. The molecule has 2 heteroatoms. The Morgan fingerprint density at radius 1 is 1.44 bits per heavy atom. The third-order valence-electron chi connectivity index (χ3n) is 3.81. The largest absolute Gasteiger partial charge is 0.310 e. The summed E-state index contributed by atoms with van der Waals surface area (Å²) in [5.74, 6) is 3.45. The van der Waals surface area contributed by atoms with Gasteiger partial charge in [-0.3, -0.25) is 0 Å². The van der Waals surface area contributed by atoms with Crippen LogP contribution in [0.15, 0.2) is 28.7 Å². The van der Waals surface area contributed by atoms with Crippen molar-refractivity contribution in [3.8, 4) is 12.3 Å². The van der Waals surface area contributed by atoms with E-state index in [9.17, 15) is 0 Å². The van der Waals surface area contributed by atoms with E-state index in [1.807, 2.05) is 0 Å². The Hall–Kier alpha value is -0.780. The molecule has 0 spiro atoms. The van der Waals surface area contributed by atoms with Crippen molar-refractivity contribution in [1.82, 2.24) is 5.32 Å². The van der Waals surface area contributed by atoms with E-state index in [0.717, 1.165) is 12.8 Å². The highest BCUT2D eigenvalue weighted by Crippen LogP contribution is 2.40. The molecule has 1 aliphatic carbocycles. The second kappa shape index (κ2) is 6.41. The Balaban J connectivity index is 1.84. The highest BCUT2D eigenvalue weighted by atomic mass is 79.9. The van der Waals surface area contributed by atoms with Gasteiger partial charge < -0.3 is 5.32 Å². The molecule has 96 valence electrons. The second-order valence-electron chi connectivity index (χ2n) is 5.07. The van der Waals surface area contributed by atoms with Crippen LogP contribution in [0.1, 0.15) is 44.1 Å². The minimum Gasteiger partial charge on any atom is -0.310 e. The zero-order chi connectivity index (χ0) is 13.0. The molecule has 18 heavy (non-hydrogen) atoms. The van der Waals surface area contributed by atoms with Crippen LogP contribution in [0.25, 0.3) is 0 Å². The van der Waals surface area contributed by atoms with Crippen LogP contribution in [-0.2, 0) is 0 Å². The molecule has 1 saturated carbocycles. The predicted octanol–water partition coefficient (Wildman–Crippen LogP) is 4.09. The van der Waals surface area contributed by atoms with Gasteiger partial charge in [0.15, 0.2) is 0 Å². The monoisotopic (exact) mass is 305 g/mol. The van der Waals surface area contributed by atoms with E-state index in [2.05, 4.69) is 58.4 Å². The lowest BCUT2D eigenvalue weighted by molar-refractivity contribution is 0.262. The van der Waals surface area contributed by atoms with Crippen LogP contribution in [0.4, 0.5) is 0 Å². The summed E-state index contributed by atoms with van der Waals surface area (Å²) in [5.41, 5.74) is 1.44. The first kappa shape index (κ1) is 13.6. The van der Waals surface area contributed by atoms with E-state index < -0.39 is 0 Å². The fraction of sp³-hybridized carbons (Fsp3) is 0.500. The average Bonchev–Trinajstić information content (AvgIpc) is 2.33. The first-order valence-corrected chi connectivity index (χ1v) is 7.47. The summed E-state index contributed by atoms with van der Waals surface area (Å²) in [6.07, 6.45) is 9.79. The number of hydrogen-bond donors (Lipinski definition) is 1. The van der Waals surface area contributed by atoms with Crippen LogP contribution in [0, 0.1) is 12.3 Å². The Morgan fingerprint density at radius 2 is 2.17 bits per heavy atom. The molecule has 0 bridgehead atoms. The number of halogens is 1. The summed E-state index contributed by atoms with van der Waals surface area (Å²) >= 11 is 3.63. The lowest BCUT2D eigenvalue weighted by Gasteiger charge is -2.38. The van der Waals surface area contributed by atoms with Crippen molar-refractivity contribution in [3.05, 3.63) is 34.3 Å². The van der Waals surface area contributed by atoms with Crippen molar-refractivity contribution in [1.29, 1.82) is 0 Å². The van der Waals surface area contributed by atoms with Crippen LogP contribution < -0.4 is 5.32 Å². The van der Waals surface area contributed by atoms with Gasteiger partial charge in [0.25, 0.3) is 0 Å². The number of nitrogens with one attached hydrogen (secondary N) is 1. The Labute approximate surface area is 118 Å². The number of benzene rings is 1. The number of hydrogen-bond acceptors (Lipinski definition) is 1. The first-order valence-electron chi connectivity index (χ1n) is 6.68. The van der Waals surface area contributed by atoms with Crippen LogP contribution in [0.5, 0.6) is 0 Å². The molecule has 1 aliphatic rings. The van der Waals surface area contributed by atoms with E-state index in [-0.39, 0.29) is 0 Å². The standard InChI is InChI=1S/C16H20BrN/c1-3-7-13(4-2)18-14-10-12(11-14)15-8-5-6-9-16(15)17/h1,5-6,8-9,12-14,18H,4,7,10-11H2,2H3. The summed E-state index contributed by atoms with van der Waals surface area (Å²) in [6, 6.07) is 9.67. The SMILES string of the molecule is C#CCC(CC)NC1CC(c2ccccc2Br)C1. The van der Waals surface area contributed by atoms with Crippen LogP contribution in [-0.4, -0.2) is 12.1 Å². The summed E-state index contributed by atoms with van der Waals surface area (Å²) in [5, 5.41) is 3.67. The predicted molar refractivity (Wildman–Crippen MR) is 80.6 cm³/mol. The molecule has 1 fully saturated rings. The first-order chi connectivity index (χ1) is 8.74. The fourth-order valence-corrected chi connectivity index (χ4v) is 3.22. The van der Waals surface area contributed by atoms with Crippen molar-refractivity contribution >= 4 is 15.9 Å². The van der Waals surface area contributed by atoms with Gasteiger partial charge in [0.05, 0.1) is 0 Å². The molecule has 0 heterocycles. The lowest BCUT2D eigenvalue weighted by Crippen LogP contribution is -2.45. The van der Waals surface area contributed by atoms with Crippen molar-refractivity contribution in [2.75, 3.05) is 0 Å². The minimum atomic E-state index is 0.486. The molecule has 1 aromatic rings. The van der Waals surface area contributed by atoms with Crippen LogP contribution in [0.2, 0.25) is 0 Å². The molecule has 0 aliphatic heterocycles. The molecule has 1 unspecified atom stereocenters. The number of terminal acetylenes is 1. The maximum absolute atomic E-state index is 5.38. The van der Waals surface area contributed by atoms with E-state index >= 15 is 0 Å². The maximum Gasteiger partial charge on any atom is 0.0240 e. The molecule has 2 rings (SSSR count). The molecule has 0 radical (unpaired) electrons. The van der Waals surface area contributed by atoms with Gasteiger partial charge in [-0.2, -0.15) is 0 Å². The zero-order valence-corrected chi connectivity index (χ0v) is 12.4. The quantitative estimate of drug-likeness (QED) is 0.808. The molecule has 0 amide bonds. The molecule has 1 atom stereocenters. The van der Waals surface area contributed by atoms with Crippen LogP contribution >= 0.6 is 15.9 Å². The van der Waals surface area contributed by atoms with Gasteiger partial charge in [0.2, 0.25) is 0 Å². The summed E-state index contributed by atoms with van der Waals surface area (Å²) < 4.78 is 1.24. The summed E-state index contributed by atoms with van der Waals surface area (Å²) in [4.78, 5) is 0. The fourth-order valence-electron chi connectivity index (χ4n) is 2.61. The van der Waals surface area contributed by atoms with Gasteiger partial charge >= 0.3 is 0 Å². The van der Waals surface area contributed by atoms with Crippen molar-refractivity contribution in [2.45, 2.75) is 50.6 Å². The Morgan fingerprint density at radius 3 is 2.78 bits per heavy atom. The van der Waals surface area contributed by atoms with Gasteiger partial charge in [0.1, 0.15) is 0 Å². The Kier molecular flexibility index (Phi) is 4.86. The lowest BCUT2D eigenvalue weighted by atomic mass is 9.75. The average molecular weight is 306 g/mol. The molecule has 0 aromatic heterocycles.